The van der Waals surface area contributed by atoms with E-state index in [0.717, 1.165) is 25.7 Å². The Morgan fingerprint density at radius 2 is 1.56 bits per heavy atom. The van der Waals surface area contributed by atoms with E-state index in [9.17, 15) is 19.2 Å². The fourth-order valence-corrected chi connectivity index (χ4v) is 5.48. The lowest BCUT2D eigenvalue weighted by Gasteiger charge is -2.19. The average Bonchev–Trinajstić information content (AvgIpc) is 3.34. The van der Waals surface area contributed by atoms with E-state index in [0.29, 0.717) is 16.4 Å². The van der Waals surface area contributed by atoms with Crippen molar-refractivity contribution in [1.82, 2.24) is 0 Å². The lowest BCUT2D eigenvalue weighted by molar-refractivity contribution is -0.139. The van der Waals surface area contributed by atoms with Gasteiger partial charge in [0, 0.05) is 13.0 Å². The molecule has 1 aliphatic carbocycles. The Balaban J connectivity index is 1.25. The van der Waals surface area contributed by atoms with Crippen molar-refractivity contribution in [3.05, 3.63) is 52.5 Å². The lowest BCUT2D eigenvalue weighted by atomic mass is 9.81. The maximum absolute atomic E-state index is 12.8. The minimum atomic E-state index is -0.660. The molecule has 0 bridgehead atoms. The number of carbonyl (C=O) groups is 4. The molecule has 3 fully saturated rings. The molecule has 2 aromatic carbocycles. The lowest BCUT2D eigenvalue weighted by Crippen LogP contribution is -2.30. The number of rotatable bonds is 4. The highest BCUT2D eigenvalue weighted by Gasteiger charge is 2.48. The summed E-state index contributed by atoms with van der Waals surface area (Å²) in [6.07, 6.45) is 3.43. The van der Waals surface area contributed by atoms with Gasteiger partial charge in [-0.15, -0.1) is 0 Å². The Bertz CT molecular complexity index is 1160. The van der Waals surface area contributed by atoms with Crippen LogP contribution in [0.1, 0.15) is 32.1 Å². The Labute approximate surface area is 206 Å². The highest BCUT2D eigenvalue weighted by molar-refractivity contribution is 6.44. The standard InChI is InChI=1S/C25H22Cl2N2O5/c26-19-6-3-7-20(22(19)27)28-13-14(12-21(28)30)25(33)34-16-10-8-15(9-11-16)29-23(31)17-4-1-2-5-18(17)24(29)32/h3,6-11,14,17-18H,1-2,4-5,12-13H2/t14-,17-,18-/m1/s1. The monoisotopic (exact) mass is 500 g/mol. The van der Waals surface area contributed by atoms with Gasteiger partial charge < -0.3 is 9.64 Å². The fraction of sp³-hybridized carbons (Fsp3) is 0.360. The zero-order chi connectivity index (χ0) is 24.0. The molecule has 34 heavy (non-hydrogen) atoms. The van der Waals surface area contributed by atoms with Gasteiger partial charge in [0.2, 0.25) is 17.7 Å². The number of imide groups is 1. The van der Waals surface area contributed by atoms with E-state index in [1.807, 2.05) is 0 Å². The van der Waals surface area contributed by atoms with E-state index in [1.165, 1.54) is 9.80 Å². The second kappa shape index (κ2) is 9.04. The number of fused-ring (bicyclic) bond motifs is 1. The first-order chi connectivity index (χ1) is 16.3. The number of amides is 3. The molecule has 5 rings (SSSR count). The highest BCUT2D eigenvalue weighted by Crippen LogP contribution is 2.40. The van der Waals surface area contributed by atoms with E-state index >= 15 is 0 Å². The van der Waals surface area contributed by atoms with Crippen LogP contribution in [0.5, 0.6) is 5.75 Å². The summed E-state index contributed by atoms with van der Waals surface area (Å²) in [5.74, 6) is -1.92. The first kappa shape index (κ1) is 22.9. The minimum absolute atomic E-state index is 0.000677. The number of anilines is 2. The van der Waals surface area contributed by atoms with Gasteiger partial charge in [-0.1, -0.05) is 42.1 Å². The van der Waals surface area contributed by atoms with Gasteiger partial charge in [0.15, 0.2) is 0 Å². The SMILES string of the molecule is O=C(Oc1ccc(N2C(=O)[C@@H]3CCCC[C@H]3C2=O)cc1)[C@@H]1CC(=O)N(c2cccc(Cl)c2Cl)C1. The predicted octanol–water partition coefficient (Wildman–Crippen LogP) is 4.63. The quantitative estimate of drug-likeness (QED) is 0.347. The van der Waals surface area contributed by atoms with Gasteiger partial charge in [0.1, 0.15) is 5.75 Å². The van der Waals surface area contributed by atoms with Crippen LogP contribution in [0.2, 0.25) is 10.0 Å². The van der Waals surface area contributed by atoms with Crippen LogP contribution in [0, 0.1) is 17.8 Å². The van der Waals surface area contributed by atoms with Gasteiger partial charge in [-0.25, -0.2) is 0 Å². The molecule has 0 radical (unpaired) electrons. The predicted molar refractivity (Wildman–Crippen MR) is 127 cm³/mol. The zero-order valence-corrected chi connectivity index (χ0v) is 19.7. The summed E-state index contributed by atoms with van der Waals surface area (Å²) >= 11 is 12.3. The van der Waals surface area contributed by atoms with Crippen molar-refractivity contribution in [2.45, 2.75) is 32.1 Å². The smallest absolute Gasteiger partial charge is 0.316 e. The van der Waals surface area contributed by atoms with Crippen LogP contribution in [0.15, 0.2) is 42.5 Å². The molecular weight excluding hydrogens is 479 g/mol. The van der Waals surface area contributed by atoms with E-state index < -0.39 is 11.9 Å². The van der Waals surface area contributed by atoms with Crippen LogP contribution >= 0.6 is 23.2 Å². The minimum Gasteiger partial charge on any atom is -0.426 e. The zero-order valence-electron chi connectivity index (χ0n) is 18.2. The van der Waals surface area contributed by atoms with Crippen molar-refractivity contribution in [1.29, 1.82) is 0 Å². The third-order valence-electron chi connectivity index (χ3n) is 6.83. The number of halogens is 2. The summed E-state index contributed by atoms with van der Waals surface area (Å²) in [5.41, 5.74) is 0.932. The molecule has 2 saturated heterocycles. The maximum Gasteiger partial charge on any atom is 0.316 e. The number of hydrogen-bond donors (Lipinski definition) is 0. The molecule has 0 unspecified atom stereocenters. The van der Waals surface area contributed by atoms with Crippen molar-refractivity contribution in [3.63, 3.8) is 0 Å². The summed E-state index contributed by atoms with van der Waals surface area (Å²) in [6, 6.07) is 11.3. The van der Waals surface area contributed by atoms with E-state index in [-0.39, 0.29) is 53.3 Å². The van der Waals surface area contributed by atoms with Crippen molar-refractivity contribution in [3.8, 4) is 5.75 Å². The molecule has 7 nitrogen and oxygen atoms in total. The van der Waals surface area contributed by atoms with Crippen LogP contribution in [-0.2, 0) is 19.2 Å². The summed E-state index contributed by atoms with van der Waals surface area (Å²) in [7, 11) is 0. The number of benzene rings is 2. The topological polar surface area (TPSA) is 84.0 Å². The normalized spacial score (nSPS) is 24.5. The summed E-state index contributed by atoms with van der Waals surface area (Å²) in [6.45, 7) is 0.134. The summed E-state index contributed by atoms with van der Waals surface area (Å²) in [5, 5.41) is 0.584. The van der Waals surface area contributed by atoms with Gasteiger partial charge in [-0.3, -0.25) is 24.1 Å². The molecule has 176 valence electrons. The number of ether oxygens (including phenoxy) is 1. The van der Waals surface area contributed by atoms with Crippen molar-refractivity contribution in [2.24, 2.45) is 17.8 Å². The van der Waals surface area contributed by atoms with Gasteiger partial charge in [0.05, 0.1) is 39.2 Å². The molecule has 0 N–H and O–H groups in total. The maximum atomic E-state index is 12.8. The van der Waals surface area contributed by atoms with Crippen LogP contribution in [0.4, 0.5) is 11.4 Å². The molecule has 1 saturated carbocycles. The van der Waals surface area contributed by atoms with Crippen LogP contribution in [-0.4, -0.2) is 30.2 Å². The van der Waals surface area contributed by atoms with Crippen molar-refractivity contribution < 1.29 is 23.9 Å². The fourth-order valence-electron chi connectivity index (χ4n) is 5.08. The highest BCUT2D eigenvalue weighted by atomic mass is 35.5. The Hall–Kier alpha value is -2.90. The molecule has 3 amide bonds. The number of esters is 1. The van der Waals surface area contributed by atoms with Crippen molar-refractivity contribution >= 4 is 58.3 Å². The molecule has 0 spiro atoms. The largest absolute Gasteiger partial charge is 0.426 e. The molecular formula is C25H22Cl2N2O5. The first-order valence-electron chi connectivity index (χ1n) is 11.3. The van der Waals surface area contributed by atoms with Crippen LogP contribution in [0.3, 0.4) is 0 Å². The number of nitrogens with zero attached hydrogens (tertiary/aromatic N) is 2. The second-order valence-corrected chi connectivity index (χ2v) is 9.69. The summed E-state index contributed by atoms with van der Waals surface area (Å²) in [4.78, 5) is 53.5. The first-order valence-corrected chi connectivity index (χ1v) is 12.0. The van der Waals surface area contributed by atoms with Gasteiger partial charge in [0.25, 0.3) is 0 Å². The Kier molecular flexibility index (Phi) is 6.08. The van der Waals surface area contributed by atoms with Gasteiger partial charge >= 0.3 is 5.97 Å². The molecule has 2 aromatic rings. The Morgan fingerprint density at radius 1 is 0.912 bits per heavy atom. The number of carbonyl (C=O) groups excluding carboxylic acids is 4. The van der Waals surface area contributed by atoms with E-state index in [1.54, 1.807) is 42.5 Å². The Morgan fingerprint density at radius 3 is 2.21 bits per heavy atom. The van der Waals surface area contributed by atoms with Gasteiger partial charge in [-0.05, 0) is 49.2 Å². The third-order valence-corrected chi connectivity index (χ3v) is 7.64. The van der Waals surface area contributed by atoms with Crippen LogP contribution < -0.4 is 14.5 Å². The molecule has 2 heterocycles. The molecule has 0 aromatic heterocycles. The molecule has 2 aliphatic heterocycles. The molecule has 3 atom stereocenters. The van der Waals surface area contributed by atoms with E-state index in [2.05, 4.69) is 0 Å². The average molecular weight is 501 g/mol. The second-order valence-electron chi connectivity index (χ2n) is 8.90. The summed E-state index contributed by atoms with van der Waals surface area (Å²) < 4.78 is 5.49. The van der Waals surface area contributed by atoms with E-state index in [4.69, 9.17) is 27.9 Å². The van der Waals surface area contributed by atoms with Gasteiger partial charge in [-0.2, -0.15) is 0 Å². The molecule has 3 aliphatic rings. The third kappa shape index (κ3) is 3.97. The van der Waals surface area contributed by atoms with Crippen molar-refractivity contribution in [2.75, 3.05) is 16.3 Å². The number of hydrogen-bond acceptors (Lipinski definition) is 5. The van der Waals surface area contributed by atoms with Crippen LogP contribution in [0.25, 0.3) is 0 Å². The molecule has 9 heteroatoms.